The van der Waals surface area contributed by atoms with Crippen LogP contribution in [0.5, 0.6) is 0 Å². The molecule has 0 unspecified atom stereocenters. The van der Waals surface area contributed by atoms with Crippen LogP contribution in [-0.4, -0.2) is 14.1 Å². The number of aryl methyl sites for hydroxylation is 1. The molecule has 0 fully saturated rings. The molecular weight excluding hydrogens is 234 g/mol. The molecule has 0 aliphatic heterocycles. The molecule has 3 nitrogen and oxygen atoms in total. The molecule has 0 saturated heterocycles. The average Bonchev–Trinajstić information content (AvgIpc) is 2.97. The minimum absolute atomic E-state index is 0.445. The van der Waals surface area contributed by atoms with Crippen molar-refractivity contribution in [1.29, 1.82) is 0 Å². The summed E-state index contributed by atoms with van der Waals surface area (Å²) < 4.78 is 4.51. The van der Waals surface area contributed by atoms with Crippen LogP contribution in [0, 0.1) is 6.92 Å². The van der Waals surface area contributed by atoms with Gasteiger partial charge in [-0.1, -0.05) is 12.1 Å². The van der Waals surface area contributed by atoms with Gasteiger partial charge in [-0.2, -0.15) is 0 Å². The van der Waals surface area contributed by atoms with Crippen molar-refractivity contribution in [2.45, 2.75) is 33.4 Å². The lowest BCUT2D eigenvalue weighted by atomic mass is 10.2. The zero-order valence-corrected chi connectivity index (χ0v) is 11.7. The van der Waals surface area contributed by atoms with Gasteiger partial charge in [0.1, 0.15) is 0 Å². The molecule has 0 N–H and O–H groups in total. The molecule has 3 rings (SSSR count). The van der Waals surface area contributed by atoms with Gasteiger partial charge < -0.3 is 9.13 Å². The van der Waals surface area contributed by atoms with Crippen LogP contribution in [0.3, 0.4) is 0 Å². The fourth-order valence-corrected chi connectivity index (χ4v) is 2.53. The summed E-state index contributed by atoms with van der Waals surface area (Å²) in [7, 11) is 0. The third kappa shape index (κ3) is 2.16. The first-order valence-electron chi connectivity index (χ1n) is 6.71. The molecule has 19 heavy (non-hydrogen) atoms. The third-order valence-corrected chi connectivity index (χ3v) is 3.56. The Hall–Kier alpha value is -2.03. The Labute approximate surface area is 113 Å². The molecular formula is C16H19N3. The normalized spacial score (nSPS) is 11.6. The lowest BCUT2D eigenvalue weighted by molar-refractivity contribution is 0.564. The monoisotopic (exact) mass is 253 g/mol. The summed E-state index contributed by atoms with van der Waals surface area (Å²) in [6.45, 7) is 7.37. The highest BCUT2D eigenvalue weighted by atomic mass is 15.1. The van der Waals surface area contributed by atoms with Crippen LogP contribution in [-0.2, 0) is 6.54 Å². The van der Waals surface area contributed by atoms with Crippen LogP contribution in [0.25, 0.3) is 10.9 Å². The molecule has 0 radical (unpaired) electrons. The van der Waals surface area contributed by atoms with Crippen LogP contribution in [0.1, 0.15) is 31.1 Å². The third-order valence-electron chi connectivity index (χ3n) is 3.56. The minimum atomic E-state index is 0.445. The first kappa shape index (κ1) is 12.0. The molecule has 0 bridgehead atoms. The summed E-state index contributed by atoms with van der Waals surface area (Å²) >= 11 is 0. The van der Waals surface area contributed by atoms with Crippen molar-refractivity contribution < 1.29 is 0 Å². The van der Waals surface area contributed by atoms with E-state index < -0.39 is 0 Å². The number of fused-ring (bicyclic) bond motifs is 1. The maximum atomic E-state index is 4.27. The lowest BCUT2D eigenvalue weighted by Gasteiger charge is -2.13. The molecule has 0 amide bonds. The van der Waals surface area contributed by atoms with E-state index in [1.54, 1.807) is 0 Å². The number of benzene rings is 1. The average molecular weight is 253 g/mol. The Balaban J connectivity index is 2.01. The number of imidazole rings is 1. The van der Waals surface area contributed by atoms with Gasteiger partial charge in [-0.3, -0.25) is 0 Å². The Bertz CT molecular complexity index is 704. The first-order valence-corrected chi connectivity index (χ1v) is 6.71. The van der Waals surface area contributed by atoms with Gasteiger partial charge in [0.25, 0.3) is 0 Å². The molecule has 3 aromatic rings. The molecule has 0 spiro atoms. The second kappa shape index (κ2) is 4.57. The summed E-state index contributed by atoms with van der Waals surface area (Å²) in [4.78, 5) is 4.27. The quantitative estimate of drug-likeness (QED) is 0.696. The van der Waals surface area contributed by atoms with E-state index in [1.165, 1.54) is 22.2 Å². The number of rotatable bonds is 3. The SMILES string of the molecule is Cc1ccc2ccn(Cc3cncn3C(C)C)c2c1. The zero-order chi connectivity index (χ0) is 13.4. The molecule has 0 aliphatic carbocycles. The van der Waals surface area contributed by atoms with Crippen molar-refractivity contribution in [3.8, 4) is 0 Å². The Morgan fingerprint density at radius 1 is 1.21 bits per heavy atom. The van der Waals surface area contributed by atoms with Gasteiger partial charge in [0.15, 0.2) is 0 Å². The van der Waals surface area contributed by atoms with Gasteiger partial charge in [0.2, 0.25) is 0 Å². The van der Waals surface area contributed by atoms with Crippen molar-refractivity contribution in [2.75, 3.05) is 0 Å². The van der Waals surface area contributed by atoms with Crippen molar-refractivity contribution in [3.63, 3.8) is 0 Å². The Morgan fingerprint density at radius 2 is 2.05 bits per heavy atom. The van der Waals surface area contributed by atoms with E-state index in [4.69, 9.17) is 0 Å². The fourth-order valence-electron chi connectivity index (χ4n) is 2.53. The van der Waals surface area contributed by atoms with E-state index in [0.717, 1.165) is 6.54 Å². The summed E-state index contributed by atoms with van der Waals surface area (Å²) in [5.41, 5.74) is 3.83. The first-order chi connectivity index (χ1) is 9.15. The minimum Gasteiger partial charge on any atom is -0.341 e. The van der Waals surface area contributed by atoms with E-state index in [2.05, 4.69) is 65.4 Å². The molecule has 2 aromatic heterocycles. The maximum absolute atomic E-state index is 4.27. The molecule has 0 saturated carbocycles. The van der Waals surface area contributed by atoms with Gasteiger partial charge in [0.05, 0.1) is 18.6 Å². The molecule has 3 heteroatoms. The number of nitrogens with zero attached hydrogens (tertiary/aromatic N) is 3. The summed E-state index contributed by atoms with van der Waals surface area (Å²) in [5.74, 6) is 0. The summed E-state index contributed by atoms with van der Waals surface area (Å²) in [5, 5.41) is 1.29. The van der Waals surface area contributed by atoms with Gasteiger partial charge in [-0.15, -0.1) is 0 Å². The van der Waals surface area contributed by atoms with Gasteiger partial charge in [-0.05, 0) is 43.9 Å². The highest BCUT2D eigenvalue weighted by molar-refractivity contribution is 5.80. The van der Waals surface area contributed by atoms with Gasteiger partial charge in [-0.25, -0.2) is 4.98 Å². The molecule has 98 valence electrons. The molecule has 0 atom stereocenters. The number of hydrogen-bond donors (Lipinski definition) is 0. The summed E-state index contributed by atoms with van der Waals surface area (Å²) in [6, 6.07) is 9.20. The highest BCUT2D eigenvalue weighted by Gasteiger charge is 2.08. The van der Waals surface area contributed by atoms with Gasteiger partial charge >= 0.3 is 0 Å². The van der Waals surface area contributed by atoms with Crippen molar-refractivity contribution >= 4 is 10.9 Å². The predicted molar refractivity (Wildman–Crippen MR) is 78.4 cm³/mol. The van der Waals surface area contributed by atoms with E-state index in [9.17, 15) is 0 Å². The zero-order valence-electron chi connectivity index (χ0n) is 11.7. The van der Waals surface area contributed by atoms with Crippen molar-refractivity contribution in [2.24, 2.45) is 0 Å². The second-order valence-corrected chi connectivity index (χ2v) is 5.39. The molecule has 2 heterocycles. The Kier molecular flexibility index (Phi) is 2.90. The van der Waals surface area contributed by atoms with Crippen LogP contribution >= 0.6 is 0 Å². The van der Waals surface area contributed by atoms with E-state index in [1.807, 2.05) is 12.5 Å². The highest BCUT2D eigenvalue weighted by Crippen LogP contribution is 2.19. The van der Waals surface area contributed by atoms with Gasteiger partial charge in [0, 0.05) is 24.0 Å². The van der Waals surface area contributed by atoms with Crippen LogP contribution in [0.4, 0.5) is 0 Å². The molecule has 1 aromatic carbocycles. The second-order valence-electron chi connectivity index (χ2n) is 5.39. The van der Waals surface area contributed by atoms with Crippen molar-refractivity contribution in [3.05, 3.63) is 54.2 Å². The summed E-state index contributed by atoms with van der Waals surface area (Å²) in [6.07, 6.45) is 6.03. The van der Waals surface area contributed by atoms with Crippen LogP contribution in [0.2, 0.25) is 0 Å². The van der Waals surface area contributed by atoms with E-state index in [0.29, 0.717) is 6.04 Å². The Morgan fingerprint density at radius 3 is 2.84 bits per heavy atom. The standard InChI is InChI=1S/C16H19N3/c1-12(2)19-11-17-9-15(19)10-18-7-6-14-5-4-13(3)8-16(14)18/h4-9,11-12H,10H2,1-3H3. The van der Waals surface area contributed by atoms with Crippen molar-refractivity contribution in [1.82, 2.24) is 14.1 Å². The molecule has 0 aliphatic rings. The smallest absolute Gasteiger partial charge is 0.0951 e. The lowest BCUT2D eigenvalue weighted by Crippen LogP contribution is -2.08. The fraction of sp³-hybridized carbons (Fsp3) is 0.312. The number of aromatic nitrogens is 3. The maximum Gasteiger partial charge on any atom is 0.0951 e. The topological polar surface area (TPSA) is 22.8 Å². The van der Waals surface area contributed by atoms with Crippen LogP contribution < -0.4 is 0 Å². The van der Waals surface area contributed by atoms with E-state index >= 15 is 0 Å². The van der Waals surface area contributed by atoms with Crippen LogP contribution in [0.15, 0.2) is 43.0 Å². The van der Waals surface area contributed by atoms with E-state index in [-0.39, 0.29) is 0 Å². The number of hydrogen-bond acceptors (Lipinski definition) is 1. The largest absolute Gasteiger partial charge is 0.341 e. The predicted octanol–water partition coefficient (Wildman–Crippen LogP) is 3.78.